The maximum absolute atomic E-state index is 9.06. The Morgan fingerprint density at radius 3 is 2.60 bits per heavy atom. The molecule has 0 amide bonds. The van der Waals surface area contributed by atoms with Gasteiger partial charge < -0.3 is 10.4 Å². The molecule has 3 unspecified atom stereocenters. The summed E-state index contributed by atoms with van der Waals surface area (Å²) in [7, 11) is 0. The van der Waals surface area contributed by atoms with Gasteiger partial charge in [-0.2, -0.15) is 0 Å². The predicted molar refractivity (Wildman–Crippen MR) is 69.3 cm³/mol. The molecule has 0 fully saturated rings. The normalized spacial score (nSPS) is 17.4. The second-order valence-corrected chi connectivity index (χ2v) is 5.77. The molecule has 4 heteroatoms. The zero-order chi connectivity index (χ0) is 11.4. The van der Waals surface area contributed by atoms with Crippen molar-refractivity contribution in [2.45, 2.75) is 32.9 Å². The third-order valence-electron chi connectivity index (χ3n) is 2.69. The summed E-state index contributed by atoms with van der Waals surface area (Å²) in [6.07, 6.45) is 0. The number of thiophene rings is 1. The largest absolute Gasteiger partial charge is 0.396 e. The lowest BCUT2D eigenvalue weighted by molar-refractivity contribution is 0.202. The van der Waals surface area contributed by atoms with E-state index in [0.29, 0.717) is 12.1 Å². The van der Waals surface area contributed by atoms with Gasteiger partial charge in [-0.15, -0.1) is 11.3 Å². The zero-order valence-electron chi connectivity index (χ0n) is 9.33. The lowest BCUT2D eigenvalue weighted by Crippen LogP contribution is -2.35. The van der Waals surface area contributed by atoms with Crippen LogP contribution in [-0.4, -0.2) is 17.8 Å². The number of aliphatic hydroxyl groups is 1. The first kappa shape index (κ1) is 13.2. The molecule has 3 atom stereocenters. The Labute approximate surface area is 104 Å². The molecule has 1 heterocycles. The van der Waals surface area contributed by atoms with Crippen LogP contribution in [0.5, 0.6) is 0 Å². The Kier molecular flexibility index (Phi) is 5.26. The van der Waals surface area contributed by atoms with Crippen LogP contribution in [0, 0.1) is 5.92 Å². The summed E-state index contributed by atoms with van der Waals surface area (Å²) in [4.78, 5) is 1.31. The van der Waals surface area contributed by atoms with Gasteiger partial charge in [-0.05, 0) is 47.1 Å². The first-order valence-corrected chi connectivity index (χ1v) is 6.83. The molecule has 2 N–H and O–H groups in total. The summed E-state index contributed by atoms with van der Waals surface area (Å²) in [6, 6.07) is 2.71. The summed E-state index contributed by atoms with van der Waals surface area (Å²) in [6.45, 7) is 6.54. The second kappa shape index (κ2) is 5.99. The van der Waals surface area contributed by atoms with Crippen LogP contribution in [0.2, 0.25) is 0 Å². The third-order valence-corrected chi connectivity index (χ3v) is 4.75. The molecular formula is C11H18BrNOS. The highest BCUT2D eigenvalue weighted by Gasteiger charge is 2.16. The van der Waals surface area contributed by atoms with Crippen LogP contribution in [0.15, 0.2) is 15.9 Å². The Balaban J connectivity index is 2.56. The van der Waals surface area contributed by atoms with Gasteiger partial charge in [0.2, 0.25) is 0 Å². The molecule has 1 aromatic heterocycles. The lowest BCUT2D eigenvalue weighted by atomic mass is 10.0. The molecule has 0 aliphatic carbocycles. The van der Waals surface area contributed by atoms with Gasteiger partial charge in [0.15, 0.2) is 0 Å². The van der Waals surface area contributed by atoms with Crippen LogP contribution in [-0.2, 0) is 0 Å². The van der Waals surface area contributed by atoms with Crippen molar-refractivity contribution in [2.24, 2.45) is 5.92 Å². The van der Waals surface area contributed by atoms with Crippen molar-refractivity contribution < 1.29 is 5.11 Å². The van der Waals surface area contributed by atoms with Gasteiger partial charge in [0.05, 0.1) is 0 Å². The van der Waals surface area contributed by atoms with E-state index in [1.807, 2.05) is 6.92 Å². The minimum atomic E-state index is 0.229. The molecule has 2 nitrogen and oxygen atoms in total. The average Bonchev–Trinajstić information content (AvgIpc) is 2.63. The number of hydrogen-bond acceptors (Lipinski definition) is 3. The molecule has 0 saturated carbocycles. The molecule has 1 rings (SSSR count). The van der Waals surface area contributed by atoms with Crippen LogP contribution >= 0.6 is 27.3 Å². The molecule has 0 spiro atoms. The van der Waals surface area contributed by atoms with E-state index in [2.05, 4.69) is 46.5 Å². The van der Waals surface area contributed by atoms with Crippen LogP contribution in [0.3, 0.4) is 0 Å². The molecule has 15 heavy (non-hydrogen) atoms. The lowest BCUT2D eigenvalue weighted by Gasteiger charge is -2.23. The Morgan fingerprint density at radius 1 is 1.47 bits per heavy atom. The van der Waals surface area contributed by atoms with E-state index < -0.39 is 0 Å². The quantitative estimate of drug-likeness (QED) is 0.873. The third kappa shape index (κ3) is 3.55. The van der Waals surface area contributed by atoms with Crippen LogP contribution in [0.4, 0.5) is 0 Å². The van der Waals surface area contributed by atoms with E-state index in [0.717, 1.165) is 4.47 Å². The predicted octanol–water partition coefficient (Wildman–Crippen LogP) is 3.18. The van der Waals surface area contributed by atoms with E-state index in [1.54, 1.807) is 11.3 Å². The van der Waals surface area contributed by atoms with Crippen molar-refractivity contribution in [3.05, 3.63) is 20.8 Å². The van der Waals surface area contributed by atoms with E-state index >= 15 is 0 Å². The fourth-order valence-electron chi connectivity index (χ4n) is 1.41. The highest BCUT2D eigenvalue weighted by atomic mass is 79.9. The highest BCUT2D eigenvalue weighted by molar-refractivity contribution is 9.10. The Bertz CT molecular complexity index is 303. The second-order valence-electron chi connectivity index (χ2n) is 3.97. The number of halogens is 1. The molecule has 0 radical (unpaired) electrons. The summed E-state index contributed by atoms with van der Waals surface area (Å²) >= 11 is 5.28. The van der Waals surface area contributed by atoms with Gasteiger partial charge >= 0.3 is 0 Å². The van der Waals surface area contributed by atoms with Crippen molar-refractivity contribution in [3.8, 4) is 0 Å². The summed E-state index contributed by atoms with van der Waals surface area (Å²) in [5.41, 5.74) is 0. The molecule has 1 aromatic rings. The molecule has 0 aromatic carbocycles. The van der Waals surface area contributed by atoms with Gasteiger partial charge in [0.1, 0.15) is 0 Å². The SMILES string of the molecule is CC(NC(C)C(C)CO)c1sccc1Br. The van der Waals surface area contributed by atoms with E-state index in [-0.39, 0.29) is 12.5 Å². The van der Waals surface area contributed by atoms with Gasteiger partial charge in [-0.3, -0.25) is 0 Å². The number of rotatable bonds is 5. The number of aliphatic hydroxyl groups excluding tert-OH is 1. The fraction of sp³-hybridized carbons (Fsp3) is 0.636. The van der Waals surface area contributed by atoms with E-state index in [4.69, 9.17) is 5.11 Å². The van der Waals surface area contributed by atoms with Crippen molar-refractivity contribution in [2.75, 3.05) is 6.61 Å². The molecule has 0 aliphatic rings. The Morgan fingerprint density at radius 2 is 2.13 bits per heavy atom. The average molecular weight is 292 g/mol. The molecule has 86 valence electrons. The molecule has 0 saturated heterocycles. The molecule has 0 aliphatic heterocycles. The fourth-order valence-corrected chi connectivity index (χ4v) is 3.14. The van der Waals surface area contributed by atoms with Crippen LogP contribution in [0.25, 0.3) is 0 Å². The van der Waals surface area contributed by atoms with E-state index in [9.17, 15) is 0 Å². The number of hydrogen-bond donors (Lipinski definition) is 2. The first-order valence-electron chi connectivity index (χ1n) is 5.16. The summed E-state index contributed by atoms with van der Waals surface area (Å²) in [5.74, 6) is 0.284. The van der Waals surface area contributed by atoms with Gasteiger partial charge in [-0.25, -0.2) is 0 Å². The van der Waals surface area contributed by atoms with Gasteiger partial charge in [0, 0.05) is 28.0 Å². The van der Waals surface area contributed by atoms with Crippen molar-refractivity contribution in [1.82, 2.24) is 5.32 Å². The molecule has 0 bridgehead atoms. The number of nitrogens with one attached hydrogen (secondary N) is 1. The zero-order valence-corrected chi connectivity index (χ0v) is 11.7. The maximum Gasteiger partial charge on any atom is 0.0471 e. The molecular weight excluding hydrogens is 274 g/mol. The van der Waals surface area contributed by atoms with Gasteiger partial charge in [-0.1, -0.05) is 6.92 Å². The highest BCUT2D eigenvalue weighted by Crippen LogP contribution is 2.29. The monoisotopic (exact) mass is 291 g/mol. The minimum Gasteiger partial charge on any atom is -0.396 e. The van der Waals surface area contributed by atoms with E-state index in [1.165, 1.54) is 4.88 Å². The topological polar surface area (TPSA) is 32.3 Å². The van der Waals surface area contributed by atoms with Crippen LogP contribution in [0.1, 0.15) is 31.7 Å². The van der Waals surface area contributed by atoms with Crippen molar-refractivity contribution >= 4 is 27.3 Å². The Hall–Kier alpha value is 0.100. The maximum atomic E-state index is 9.06. The minimum absolute atomic E-state index is 0.229. The summed E-state index contributed by atoms with van der Waals surface area (Å²) < 4.78 is 1.16. The van der Waals surface area contributed by atoms with Gasteiger partial charge in [0.25, 0.3) is 0 Å². The van der Waals surface area contributed by atoms with Crippen molar-refractivity contribution in [1.29, 1.82) is 0 Å². The smallest absolute Gasteiger partial charge is 0.0471 e. The van der Waals surface area contributed by atoms with Crippen LogP contribution < -0.4 is 5.32 Å². The standard InChI is InChI=1S/C11H18BrNOS/c1-7(6-14)8(2)13-9(3)11-10(12)4-5-15-11/h4-5,7-9,13-14H,6H2,1-3H3. The first-order chi connectivity index (χ1) is 7.06. The summed E-state index contributed by atoms with van der Waals surface area (Å²) in [5, 5.41) is 14.6. The van der Waals surface area contributed by atoms with Crippen molar-refractivity contribution in [3.63, 3.8) is 0 Å².